The van der Waals surface area contributed by atoms with Gasteiger partial charge in [-0.05, 0) is 80.9 Å². The number of nitrogens with zero attached hydrogens (tertiary/aromatic N) is 2. The van der Waals surface area contributed by atoms with Gasteiger partial charge in [0.25, 0.3) is 15.9 Å². The van der Waals surface area contributed by atoms with E-state index in [1.807, 2.05) is 36.7 Å². The SMILES string of the molecule is COc1ccccc1NS(=O)(=O)c1cc(NC(=O)c2ccc(-n3nc(C)cc3C)cc2)ccc1C. The summed E-state index contributed by atoms with van der Waals surface area (Å²) >= 11 is 0. The second-order valence-corrected chi connectivity index (χ2v) is 9.78. The molecule has 0 radical (unpaired) electrons. The summed E-state index contributed by atoms with van der Waals surface area (Å²) < 4.78 is 35.8. The van der Waals surface area contributed by atoms with Crippen molar-refractivity contribution < 1.29 is 17.9 Å². The van der Waals surface area contributed by atoms with Crippen molar-refractivity contribution in [3.05, 3.63) is 95.3 Å². The Kier molecular flexibility index (Phi) is 6.61. The Morgan fingerprint density at radius 2 is 1.66 bits per heavy atom. The molecule has 0 unspecified atom stereocenters. The van der Waals surface area contributed by atoms with E-state index in [-0.39, 0.29) is 10.8 Å². The van der Waals surface area contributed by atoms with Crippen LogP contribution in [0.25, 0.3) is 5.69 Å². The predicted molar refractivity (Wildman–Crippen MR) is 136 cm³/mol. The lowest BCUT2D eigenvalue weighted by Gasteiger charge is -2.14. The topological polar surface area (TPSA) is 102 Å². The number of amides is 1. The van der Waals surface area contributed by atoms with Crippen LogP contribution in [0, 0.1) is 20.8 Å². The van der Waals surface area contributed by atoms with Gasteiger partial charge in [-0.2, -0.15) is 5.10 Å². The number of para-hydroxylation sites is 2. The molecule has 0 saturated carbocycles. The number of anilines is 2. The molecule has 0 spiro atoms. The van der Waals surface area contributed by atoms with Crippen molar-refractivity contribution in [2.24, 2.45) is 0 Å². The summed E-state index contributed by atoms with van der Waals surface area (Å²) in [4.78, 5) is 12.9. The minimum Gasteiger partial charge on any atom is -0.495 e. The van der Waals surface area contributed by atoms with Gasteiger partial charge in [0.2, 0.25) is 0 Å². The molecule has 0 bridgehead atoms. The Bertz CT molecular complexity index is 1490. The molecular weight excluding hydrogens is 464 g/mol. The van der Waals surface area contributed by atoms with E-state index in [9.17, 15) is 13.2 Å². The highest BCUT2D eigenvalue weighted by Gasteiger charge is 2.20. The third kappa shape index (κ3) is 5.20. The number of methoxy groups -OCH3 is 1. The summed E-state index contributed by atoms with van der Waals surface area (Å²) in [6.45, 7) is 5.58. The number of hydrogen-bond donors (Lipinski definition) is 2. The molecule has 1 heterocycles. The number of carbonyl (C=O) groups is 1. The van der Waals surface area contributed by atoms with Crippen molar-refractivity contribution in [3.63, 3.8) is 0 Å². The van der Waals surface area contributed by atoms with Crippen LogP contribution in [0.5, 0.6) is 5.75 Å². The first-order chi connectivity index (χ1) is 16.7. The largest absolute Gasteiger partial charge is 0.495 e. The van der Waals surface area contributed by atoms with E-state index < -0.39 is 10.0 Å². The number of ether oxygens (including phenoxy) is 1. The molecule has 4 rings (SSSR count). The molecule has 0 aliphatic rings. The van der Waals surface area contributed by atoms with Gasteiger partial charge in [-0.3, -0.25) is 9.52 Å². The van der Waals surface area contributed by atoms with E-state index in [0.717, 1.165) is 17.1 Å². The zero-order valence-corrected chi connectivity index (χ0v) is 20.7. The molecule has 2 N–H and O–H groups in total. The predicted octanol–water partition coefficient (Wildman–Crippen LogP) is 4.86. The highest BCUT2D eigenvalue weighted by molar-refractivity contribution is 7.92. The van der Waals surface area contributed by atoms with Gasteiger partial charge in [0.15, 0.2) is 0 Å². The van der Waals surface area contributed by atoms with Crippen molar-refractivity contribution in [2.75, 3.05) is 17.1 Å². The summed E-state index contributed by atoms with van der Waals surface area (Å²) in [5, 5.41) is 7.23. The number of aromatic nitrogens is 2. The normalized spacial score (nSPS) is 11.2. The van der Waals surface area contributed by atoms with Gasteiger partial charge in [0.1, 0.15) is 5.75 Å². The van der Waals surface area contributed by atoms with E-state index in [0.29, 0.717) is 28.3 Å². The lowest BCUT2D eigenvalue weighted by Crippen LogP contribution is -2.16. The van der Waals surface area contributed by atoms with Gasteiger partial charge in [-0.1, -0.05) is 18.2 Å². The van der Waals surface area contributed by atoms with Gasteiger partial charge >= 0.3 is 0 Å². The third-order valence-electron chi connectivity index (χ3n) is 5.47. The first-order valence-corrected chi connectivity index (χ1v) is 12.4. The minimum atomic E-state index is -3.93. The number of sulfonamides is 1. The van der Waals surface area contributed by atoms with Crippen molar-refractivity contribution in [1.29, 1.82) is 0 Å². The maximum atomic E-state index is 13.1. The van der Waals surface area contributed by atoms with Crippen molar-refractivity contribution in [2.45, 2.75) is 25.7 Å². The first-order valence-electron chi connectivity index (χ1n) is 10.9. The number of nitrogens with one attached hydrogen (secondary N) is 2. The maximum Gasteiger partial charge on any atom is 0.262 e. The Balaban J connectivity index is 1.54. The van der Waals surface area contributed by atoms with Crippen LogP contribution in [-0.2, 0) is 10.0 Å². The molecule has 0 saturated heterocycles. The van der Waals surface area contributed by atoms with E-state index in [2.05, 4.69) is 15.1 Å². The molecule has 0 fully saturated rings. The van der Waals surface area contributed by atoms with Gasteiger partial charge in [0.05, 0.1) is 29.1 Å². The van der Waals surface area contributed by atoms with E-state index in [4.69, 9.17) is 4.74 Å². The molecule has 9 heteroatoms. The molecule has 3 aromatic carbocycles. The summed E-state index contributed by atoms with van der Waals surface area (Å²) in [6.07, 6.45) is 0. The Morgan fingerprint density at radius 3 is 2.31 bits per heavy atom. The summed E-state index contributed by atoms with van der Waals surface area (Å²) in [5.74, 6) is 0.0527. The van der Waals surface area contributed by atoms with Gasteiger partial charge < -0.3 is 10.1 Å². The Hall–Kier alpha value is -4.11. The number of rotatable bonds is 7. The average molecular weight is 491 g/mol. The number of aryl methyl sites for hydroxylation is 3. The fourth-order valence-electron chi connectivity index (χ4n) is 3.74. The molecule has 0 aliphatic carbocycles. The molecule has 1 amide bonds. The quantitative estimate of drug-likeness (QED) is 0.385. The van der Waals surface area contributed by atoms with Crippen molar-refractivity contribution in [3.8, 4) is 11.4 Å². The van der Waals surface area contributed by atoms with E-state index in [1.54, 1.807) is 55.5 Å². The van der Waals surface area contributed by atoms with Crippen molar-refractivity contribution in [1.82, 2.24) is 9.78 Å². The van der Waals surface area contributed by atoms with Crippen LogP contribution in [0.15, 0.2) is 77.7 Å². The lowest BCUT2D eigenvalue weighted by molar-refractivity contribution is 0.102. The van der Waals surface area contributed by atoms with E-state index >= 15 is 0 Å². The number of carbonyl (C=O) groups excluding carboxylic acids is 1. The molecule has 1 aromatic heterocycles. The second kappa shape index (κ2) is 9.63. The monoisotopic (exact) mass is 490 g/mol. The average Bonchev–Trinajstić information content (AvgIpc) is 3.18. The fourth-order valence-corrected chi connectivity index (χ4v) is 5.09. The highest BCUT2D eigenvalue weighted by atomic mass is 32.2. The standard InChI is InChI=1S/C26H26N4O4S/c1-17-9-12-21(16-25(17)35(32,33)29-23-7-5-6-8-24(23)34-4)27-26(31)20-10-13-22(14-11-20)30-19(3)15-18(2)28-30/h5-16,29H,1-4H3,(H,27,31). The zero-order chi connectivity index (χ0) is 25.2. The number of hydrogen-bond acceptors (Lipinski definition) is 5. The first kappa shape index (κ1) is 24.0. The zero-order valence-electron chi connectivity index (χ0n) is 19.9. The van der Waals surface area contributed by atoms with Crippen LogP contribution in [0.2, 0.25) is 0 Å². The summed E-state index contributed by atoms with van der Waals surface area (Å²) in [6, 6.07) is 20.5. The minimum absolute atomic E-state index is 0.0566. The Labute approximate surface area is 204 Å². The fraction of sp³-hybridized carbons (Fsp3) is 0.154. The summed E-state index contributed by atoms with van der Waals surface area (Å²) in [5.41, 5.74) is 4.42. The second-order valence-electron chi connectivity index (χ2n) is 8.13. The van der Waals surface area contributed by atoms with Crippen LogP contribution in [0.1, 0.15) is 27.3 Å². The Morgan fingerprint density at radius 1 is 0.943 bits per heavy atom. The van der Waals surface area contributed by atoms with E-state index in [1.165, 1.54) is 13.2 Å². The maximum absolute atomic E-state index is 13.1. The third-order valence-corrected chi connectivity index (χ3v) is 6.98. The summed E-state index contributed by atoms with van der Waals surface area (Å²) in [7, 11) is -2.46. The molecule has 180 valence electrons. The molecule has 8 nitrogen and oxygen atoms in total. The van der Waals surface area contributed by atoms with Crippen LogP contribution in [0.3, 0.4) is 0 Å². The lowest BCUT2D eigenvalue weighted by atomic mass is 10.1. The van der Waals surface area contributed by atoms with Crippen molar-refractivity contribution >= 4 is 27.3 Å². The number of benzene rings is 3. The van der Waals surface area contributed by atoms with Crippen LogP contribution in [0.4, 0.5) is 11.4 Å². The van der Waals surface area contributed by atoms with Crippen LogP contribution < -0.4 is 14.8 Å². The van der Waals surface area contributed by atoms with Gasteiger partial charge in [-0.15, -0.1) is 0 Å². The van der Waals surface area contributed by atoms with Crippen LogP contribution in [-0.4, -0.2) is 31.2 Å². The van der Waals surface area contributed by atoms with Crippen LogP contribution >= 0.6 is 0 Å². The smallest absolute Gasteiger partial charge is 0.262 e. The molecule has 35 heavy (non-hydrogen) atoms. The molecule has 0 aliphatic heterocycles. The highest BCUT2D eigenvalue weighted by Crippen LogP contribution is 2.28. The molecular formula is C26H26N4O4S. The van der Waals surface area contributed by atoms with Gasteiger partial charge in [0, 0.05) is 16.9 Å². The molecule has 0 atom stereocenters. The van der Waals surface area contributed by atoms with Gasteiger partial charge in [-0.25, -0.2) is 13.1 Å². The molecule has 4 aromatic rings.